The molecule has 0 spiro atoms. The van der Waals surface area contributed by atoms with E-state index >= 15 is 0 Å². The first kappa shape index (κ1) is 7.75. The maximum Gasteiger partial charge on any atom is 0.247 e. The number of aliphatic hydroxyl groups is 1. The number of nitrogens with one attached hydrogen (secondary N) is 1. The van der Waals surface area contributed by atoms with E-state index in [1.165, 1.54) is 6.08 Å². The number of hydrogen-bond donors (Lipinski definition) is 2. The lowest BCUT2D eigenvalue weighted by molar-refractivity contribution is -0.115. The molecule has 0 aliphatic heterocycles. The summed E-state index contributed by atoms with van der Waals surface area (Å²) in [5, 5.41) is 10.3. The first-order valence-electron chi connectivity index (χ1n) is 2.53. The van der Waals surface area contributed by atoms with E-state index in [1.807, 2.05) is 0 Å². The molecule has 0 saturated heterocycles. The molecule has 0 atom stereocenters. The zero-order chi connectivity index (χ0) is 7.11. The standard InChI is InChI=1S/C6H9NO2/c1-2-3-6(9)7-4-5-8/h2-5,8H,1H3,(H,7,9). The number of allylic oxidation sites excluding steroid dienone is 1. The van der Waals surface area contributed by atoms with Crippen molar-refractivity contribution in [2.45, 2.75) is 6.92 Å². The minimum Gasteiger partial charge on any atom is -0.514 e. The summed E-state index contributed by atoms with van der Waals surface area (Å²) in [6, 6.07) is 0. The molecule has 0 aromatic carbocycles. The van der Waals surface area contributed by atoms with Gasteiger partial charge in [0.2, 0.25) is 5.91 Å². The van der Waals surface area contributed by atoms with Crippen molar-refractivity contribution in [3.63, 3.8) is 0 Å². The molecule has 0 rings (SSSR count). The summed E-state index contributed by atoms with van der Waals surface area (Å²) < 4.78 is 0. The van der Waals surface area contributed by atoms with E-state index in [4.69, 9.17) is 5.11 Å². The summed E-state index contributed by atoms with van der Waals surface area (Å²) in [7, 11) is 0. The topological polar surface area (TPSA) is 49.3 Å². The fourth-order valence-electron chi connectivity index (χ4n) is 0.319. The second-order valence-electron chi connectivity index (χ2n) is 1.32. The Labute approximate surface area is 53.7 Å². The summed E-state index contributed by atoms with van der Waals surface area (Å²) in [5.74, 6) is -0.247. The van der Waals surface area contributed by atoms with Crippen LogP contribution >= 0.6 is 0 Å². The van der Waals surface area contributed by atoms with Gasteiger partial charge in [0.25, 0.3) is 0 Å². The molecule has 2 N–H and O–H groups in total. The number of rotatable bonds is 2. The zero-order valence-electron chi connectivity index (χ0n) is 5.16. The van der Waals surface area contributed by atoms with Crippen LogP contribution in [-0.2, 0) is 4.79 Å². The molecular weight excluding hydrogens is 118 g/mol. The SMILES string of the molecule is CC=CC(=O)NC=CO. The van der Waals surface area contributed by atoms with Crippen molar-refractivity contribution >= 4 is 5.91 Å². The third kappa shape index (κ3) is 4.61. The Hall–Kier alpha value is -1.25. The average molecular weight is 127 g/mol. The molecule has 3 nitrogen and oxygen atoms in total. The first-order valence-corrected chi connectivity index (χ1v) is 2.53. The number of aliphatic hydroxyl groups excluding tert-OH is 1. The Bertz CT molecular complexity index is 138. The number of hydrogen-bond acceptors (Lipinski definition) is 2. The van der Waals surface area contributed by atoms with Crippen molar-refractivity contribution < 1.29 is 9.90 Å². The molecule has 0 aromatic rings. The Morgan fingerprint density at radius 3 is 2.78 bits per heavy atom. The van der Waals surface area contributed by atoms with E-state index in [1.54, 1.807) is 13.0 Å². The molecule has 0 aromatic heterocycles. The highest BCUT2D eigenvalue weighted by molar-refractivity contribution is 5.88. The van der Waals surface area contributed by atoms with Gasteiger partial charge in [0.1, 0.15) is 0 Å². The minimum atomic E-state index is -0.247. The van der Waals surface area contributed by atoms with Crippen molar-refractivity contribution in [1.82, 2.24) is 5.32 Å². The third-order valence-electron chi connectivity index (χ3n) is 0.618. The van der Waals surface area contributed by atoms with Crippen LogP contribution in [0.15, 0.2) is 24.6 Å². The van der Waals surface area contributed by atoms with Gasteiger partial charge < -0.3 is 10.4 Å². The molecule has 0 bridgehead atoms. The van der Waals surface area contributed by atoms with Gasteiger partial charge in [0.15, 0.2) is 0 Å². The van der Waals surface area contributed by atoms with E-state index in [0.29, 0.717) is 0 Å². The molecule has 0 fully saturated rings. The van der Waals surface area contributed by atoms with Crippen molar-refractivity contribution in [3.05, 3.63) is 24.6 Å². The summed E-state index contributed by atoms with van der Waals surface area (Å²) in [5.41, 5.74) is 0. The van der Waals surface area contributed by atoms with Gasteiger partial charge in [-0.3, -0.25) is 4.79 Å². The van der Waals surface area contributed by atoms with Gasteiger partial charge in [-0.15, -0.1) is 0 Å². The molecule has 0 saturated carbocycles. The van der Waals surface area contributed by atoms with Crippen molar-refractivity contribution in [1.29, 1.82) is 0 Å². The largest absolute Gasteiger partial charge is 0.514 e. The average Bonchev–Trinajstić information content (AvgIpc) is 1.85. The summed E-state index contributed by atoms with van der Waals surface area (Å²) in [6.07, 6.45) is 4.89. The van der Waals surface area contributed by atoms with E-state index in [9.17, 15) is 4.79 Å². The molecule has 0 heterocycles. The number of carbonyl (C=O) groups excluding carboxylic acids is 1. The van der Waals surface area contributed by atoms with E-state index in [-0.39, 0.29) is 5.91 Å². The Morgan fingerprint density at radius 1 is 1.67 bits per heavy atom. The van der Waals surface area contributed by atoms with E-state index in [0.717, 1.165) is 12.5 Å². The lowest BCUT2D eigenvalue weighted by atomic mass is 10.5. The van der Waals surface area contributed by atoms with Crippen LogP contribution in [-0.4, -0.2) is 11.0 Å². The lowest BCUT2D eigenvalue weighted by Crippen LogP contribution is -2.12. The molecular formula is C6H9NO2. The molecule has 0 aliphatic rings. The Balaban J connectivity index is 3.51. The van der Waals surface area contributed by atoms with Crippen LogP contribution in [0.4, 0.5) is 0 Å². The second-order valence-corrected chi connectivity index (χ2v) is 1.32. The van der Waals surface area contributed by atoms with Gasteiger partial charge in [-0.1, -0.05) is 6.08 Å². The molecule has 50 valence electrons. The van der Waals surface area contributed by atoms with Crippen LogP contribution in [0, 0.1) is 0 Å². The van der Waals surface area contributed by atoms with Crippen molar-refractivity contribution in [2.24, 2.45) is 0 Å². The van der Waals surface area contributed by atoms with E-state index in [2.05, 4.69) is 5.32 Å². The summed E-state index contributed by atoms with van der Waals surface area (Å²) in [6.45, 7) is 1.74. The predicted molar refractivity (Wildman–Crippen MR) is 34.7 cm³/mol. The minimum absolute atomic E-state index is 0.247. The van der Waals surface area contributed by atoms with Gasteiger partial charge in [-0.05, 0) is 13.0 Å². The maximum atomic E-state index is 10.4. The van der Waals surface area contributed by atoms with Crippen LogP contribution in [0.2, 0.25) is 0 Å². The van der Waals surface area contributed by atoms with Gasteiger partial charge in [-0.2, -0.15) is 0 Å². The number of carbonyl (C=O) groups is 1. The normalized spacial score (nSPS) is 10.8. The summed E-state index contributed by atoms with van der Waals surface area (Å²) >= 11 is 0. The molecule has 0 aliphatic carbocycles. The number of amides is 1. The third-order valence-corrected chi connectivity index (χ3v) is 0.618. The molecule has 9 heavy (non-hydrogen) atoms. The van der Waals surface area contributed by atoms with Gasteiger partial charge in [0.05, 0.1) is 6.26 Å². The Kier molecular flexibility index (Phi) is 4.22. The fraction of sp³-hybridized carbons (Fsp3) is 0.167. The quantitative estimate of drug-likeness (QED) is 0.424. The fourth-order valence-corrected chi connectivity index (χ4v) is 0.319. The molecule has 3 heteroatoms. The smallest absolute Gasteiger partial charge is 0.247 e. The van der Waals surface area contributed by atoms with Crippen LogP contribution in [0.1, 0.15) is 6.92 Å². The molecule has 0 radical (unpaired) electrons. The van der Waals surface area contributed by atoms with Crippen molar-refractivity contribution in [3.8, 4) is 0 Å². The predicted octanol–water partition coefficient (Wildman–Crippen LogP) is 0.708. The highest BCUT2D eigenvalue weighted by atomic mass is 16.2. The maximum absolute atomic E-state index is 10.4. The van der Waals surface area contributed by atoms with Crippen LogP contribution in [0.5, 0.6) is 0 Å². The first-order chi connectivity index (χ1) is 4.31. The molecule has 0 unspecified atom stereocenters. The zero-order valence-corrected chi connectivity index (χ0v) is 5.16. The lowest BCUT2D eigenvalue weighted by Gasteiger charge is -1.87. The monoisotopic (exact) mass is 127 g/mol. The Morgan fingerprint density at radius 2 is 2.33 bits per heavy atom. The van der Waals surface area contributed by atoms with Gasteiger partial charge >= 0.3 is 0 Å². The van der Waals surface area contributed by atoms with Crippen LogP contribution in [0.3, 0.4) is 0 Å². The highest BCUT2D eigenvalue weighted by Gasteiger charge is 1.84. The molecule has 1 amide bonds. The van der Waals surface area contributed by atoms with Gasteiger partial charge in [-0.25, -0.2) is 0 Å². The van der Waals surface area contributed by atoms with E-state index < -0.39 is 0 Å². The summed E-state index contributed by atoms with van der Waals surface area (Å²) in [4.78, 5) is 10.4. The second kappa shape index (κ2) is 4.90. The van der Waals surface area contributed by atoms with Crippen LogP contribution in [0.25, 0.3) is 0 Å². The van der Waals surface area contributed by atoms with Crippen molar-refractivity contribution in [2.75, 3.05) is 0 Å². The highest BCUT2D eigenvalue weighted by Crippen LogP contribution is 1.70. The van der Waals surface area contributed by atoms with Crippen LogP contribution < -0.4 is 5.32 Å². The van der Waals surface area contributed by atoms with Gasteiger partial charge in [0, 0.05) is 6.20 Å².